The molecule has 4 atom stereocenters. The van der Waals surface area contributed by atoms with Crippen molar-refractivity contribution in [3.05, 3.63) is 24.3 Å². The minimum Gasteiger partial charge on any atom is -0.395 e. The Morgan fingerprint density at radius 3 is 2.41 bits per heavy atom. The molecule has 27 heavy (non-hydrogen) atoms. The van der Waals surface area contributed by atoms with Gasteiger partial charge in [-0.1, -0.05) is 24.3 Å². The molecule has 2 N–H and O–H groups in total. The van der Waals surface area contributed by atoms with E-state index in [-0.39, 0.29) is 49.7 Å². The van der Waals surface area contributed by atoms with Gasteiger partial charge in [-0.15, -0.1) is 24.8 Å². The minimum absolute atomic E-state index is 0. The molecule has 9 heteroatoms. The van der Waals surface area contributed by atoms with Gasteiger partial charge < -0.3 is 24.4 Å². The molecule has 2 aliphatic heterocycles. The van der Waals surface area contributed by atoms with Crippen molar-refractivity contribution in [1.82, 2.24) is 9.80 Å². The molecule has 0 saturated carbocycles. The highest BCUT2D eigenvalue weighted by Gasteiger charge is 2.30. The van der Waals surface area contributed by atoms with Crippen molar-refractivity contribution in [2.24, 2.45) is 0 Å². The third-order valence-electron chi connectivity index (χ3n) is 4.82. The average Bonchev–Trinajstić information content (AvgIpc) is 2.63. The molecule has 0 radical (unpaired) electrons. The number of hydrogen-bond acceptors (Lipinski definition) is 7. The number of ether oxygens (including phenoxy) is 3. The highest BCUT2D eigenvalue weighted by molar-refractivity contribution is 5.85. The molecule has 0 spiro atoms. The predicted molar refractivity (Wildman–Crippen MR) is 108 cm³/mol. The van der Waals surface area contributed by atoms with Crippen LogP contribution < -0.4 is 0 Å². The van der Waals surface area contributed by atoms with Crippen LogP contribution in [0.15, 0.2) is 24.3 Å². The summed E-state index contributed by atoms with van der Waals surface area (Å²) in [6, 6.07) is 0. The van der Waals surface area contributed by atoms with E-state index < -0.39 is 6.10 Å². The van der Waals surface area contributed by atoms with Crippen LogP contribution in [0.1, 0.15) is 0 Å². The first kappa shape index (κ1) is 24.8. The van der Waals surface area contributed by atoms with Crippen molar-refractivity contribution < 1.29 is 24.4 Å². The molecule has 3 rings (SSSR count). The second-order valence-corrected chi connectivity index (χ2v) is 6.85. The number of halogens is 2. The molecule has 7 nitrogen and oxygen atoms in total. The Bertz CT molecular complexity index is 461. The Labute approximate surface area is 173 Å². The van der Waals surface area contributed by atoms with E-state index in [1.165, 1.54) is 0 Å². The SMILES string of the molecule is Cl.Cl.OCCN1CCN(CC(O)COCC2COC3C=CC=CC3O2)CC1. The maximum absolute atomic E-state index is 10.2. The summed E-state index contributed by atoms with van der Waals surface area (Å²) in [4.78, 5) is 4.48. The molecule has 0 aromatic heterocycles. The van der Waals surface area contributed by atoms with Gasteiger partial charge in [0, 0.05) is 39.3 Å². The second kappa shape index (κ2) is 13.1. The number of β-amino-alcohol motifs (C(OH)–C–C–N with tert-alkyl or cyclic N) is 2. The first-order valence-corrected chi connectivity index (χ1v) is 9.18. The van der Waals surface area contributed by atoms with Gasteiger partial charge >= 0.3 is 0 Å². The fourth-order valence-electron chi connectivity index (χ4n) is 3.43. The Hall–Kier alpha value is -0.220. The minimum atomic E-state index is -0.501. The normalized spacial score (nSPS) is 29.5. The molecule has 0 bridgehead atoms. The molecule has 4 unspecified atom stereocenters. The second-order valence-electron chi connectivity index (χ2n) is 6.85. The molecule has 3 aliphatic rings. The van der Waals surface area contributed by atoms with Gasteiger partial charge in [-0.2, -0.15) is 0 Å². The van der Waals surface area contributed by atoms with Crippen LogP contribution in [-0.4, -0.2) is 110 Å². The molecule has 2 fully saturated rings. The van der Waals surface area contributed by atoms with Crippen molar-refractivity contribution >= 4 is 24.8 Å². The van der Waals surface area contributed by atoms with Crippen molar-refractivity contribution in [1.29, 1.82) is 0 Å². The summed E-state index contributed by atoms with van der Waals surface area (Å²) < 4.78 is 17.4. The number of allylic oxidation sites excluding steroid dienone is 2. The first-order chi connectivity index (χ1) is 12.2. The maximum atomic E-state index is 10.2. The van der Waals surface area contributed by atoms with E-state index in [0.29, 0.717) is 26.4 Å². The lowest BCUT2D eigenvalue weighted by Gasteiger charge is -2.36. The van der Waals surface area contributed by atoms with Gasteiger partial charge in [0.15, 0.2) is 0 Å². The number of nitrogens with zero attached hydrogens (tertiary/aromatic N) is 2. The topological polar surface area (TPSA) is 74.6 Å². The van der Waals surface area contributed by atoms with Crippen LogP contribution in [0.3, 0.4) is 0 Å². The third kappa shape index (κ3) is 7.97. The molecule has 0 amide bonds. The first-order valence-electron chi connectivity index (χ1n) is 9.18. The van der Waals surface area contributed by atoms with Crippen LogP contribution in [-0.2, 0) is 14.2 Å². The van der Waals surface area contributed by atoms with E-state index in [0.717, 1.165) is 32.7 Å². The number of fused-ring (bicyclic) bond motifs is 1. The smallest absolute Gasteiger partial charge is 0.106 e. The van der Waals surface area contributed by atoms with Crippen LogP contribution in [0.5, 0.6) is 0 Å². The van der Waals surface area contributed by atoms with Gasteiger partial charge in [0.25, 0.3) is 0 Å². The summed E-state index contributed by atoms with van der Waals surface area (Å²) in [5.41, 5.74) is 0. The van der Waals surface area contributed by atoms with Crippen molar-refractivity contribution in [2.75, 3.05) is 65.7 Å². The largest absolute Gasteiger partial charge is 0.395 e. The molecule has 1 aliphatic carbocycles. The summed E-state index contributed by atoms with van der Waals surface area (Å²) in [5, 5.41) is 19.1. The van der Waals surface area contributed by atoms with E-state index in [4.69, 9.17) is 19.3 Å². The molecule has 2 saturated heterocycles. The summed E-state index contributed by atoms with van der Waals surface area (Å²) >= 11 is 0. The Kier molecular flexibility index (Phi) is 12.0. The van der Waals surface area contributed by atoms with E-state index in [1.807, 2.05) is 24.3 Å². The summed E-state index contributed by atoms with van der Waals surface area (Å²) in [5.74, 6) is 0. The number of aliphatic hydroxyl groups is 2. The zero-order valence-electron chi connectivity index (χ0n) is 15.5. The van der Waals surface area contributed by atoms with Gasteiger partial charge in [0.2, 0.25) is 0 Å². The zero-order valence-corrected chi connectivity index (χ0v) is 17.2. The zero-order chi connectivity index (χ0) is 17.5. The van der Waals surface area contributed by atoms with Gasteiger partial charge in [0.05, 0.1) is 32.5 Å². The predicted octanol–water partition coefficient (Wildman–Crippen LogP) is 0.0960. The molecule has 0 aromatic carbocycles. The van der Waals surface area contributed by atoms with E-state index in [1.54, 1.807) is 0 Å². The van der Waals surface area contributed by atoms with Gasteiger partial charge in [0.1, 0.15) is 18.3 Å². The maximum Gasteiger partial charge on any atom is 0.106 e. The van der Waals surface area contributed by atoms with Crippen LogP contribution in [0.4, 0.5) is 0 Å². The number of piperazine rings is 1. The van der Waals surface area contributed by atoms with Crippen molar-refractivity contribution in [2.45, 2.75) is 24.4 Å². The molecule has 2 heterocycles. The molecular formula is C18H32Cl2N2O5. The van der Waals surface area contributed by atoms with Gasteiger partial charge in [-0.25, -0.2) is 0 Å². The highest BCUT2D eigenvalue weighted by atomic mass is 35.5. The van der Waals surface area contributed by atoms with Crippen molar-refractivity contribution in [3.8, 4) is 0 Å². The van der Waals surface area contributed by atoms with Crippen LogP contribution in [0.2, 0.25) is 0 Å². The van der Waals surface area contributed by atoms with Crippen LogP contribution in [0.25, 0.3) is 0 Å². The van der Waals surface area contributed by atoms with Crippen LogP contribution in [0, 0.1) is 0 Å². The lowest BCUT2D eigenvalue weighted by molar-refractivity contribution is -0.168. The Morgan fingerprint density at radius 1 is 1.04 bits per heavy atom. The fourth-order valence-corrected chi connectivity index (χ4v) is 3.43. The lowest BCUT2D eigenvalue weighted by atomic mass is 10.1. The summed E-state index contributed by atoms with van der Waals surface area (Å²) in [7, 11) is 0. The van der Waals surface area contributed by atoms with E-state index in [9.17, 15) is 5.11 Å². The number of rotatable bonds is 8. The Morgan fingerprint density at radius 2 is 1.70 bits per heavy atom. The van der Waals surface area contributed by atoms with Gasteiger partial charge in [-0.3, -0.25) is 9.80 Å². The Balaban J connectivity index is 0.00000182. The van der Waals surface area contributed by atoms with E-state index in [2.05, 4.69) is 9.80 Å². The van der Waals surface area contributed by atoms with Crippen LogP contribution >= 0.6 is 24.8 Å². The third-order valence-corrected chi connectivity index (χ3v) is 4.82. The lowest BCUT2D eigenvalue weighted by Crippen LogP contribution is -2.49. The highest BCUT2D eigenvalue weighted by Crippen LogP contribution is 2.20. The monoisotopic (exact) mass is 426 g/mol. The summed E-state index contributed by atoms with van der Waals surface area (Å²) in [6.45, 7) is 6.52. The molecule has 158 valence electrons. The number of hydrogen-bond donors (Lipinski definition) is 2. The fraction of sp³-hybridized carbons (Fsp3) is 0.778. The number of aliphatic hydroxyl groups excluding tert-OH is 2. The standard InChI is InChI=1S/C18H30N2O5.2ClH/c21-10-9-19-5-7-20(8-6-19)11-15(22)12-23-13-16-14-24-17-3-1-2-4-18(17)25-16;;/h1-4,15-18,21-22H,5-14H2;2*1H. The molecule has 0 aromatic rings. The average molecular weight is 427 g/mol. The van der Waals surface area contributed by atoms with Crippen molar-refractivity contribution in [3.63, 3.8) is 0 Å². The summed E-state index contributed by atoms with van der Waals surface area (Å²) in [6.07, 6.45) is 7.34. The van der Waals surface area contributed by atoms with Gasteiger partial charge in [-0.05, 0) is 0 Å². The van der Waals surface area contributed by atoms with E-state index >= 15 is 0 Å². The molecular weight excluding hydrogens is 395 g/mol. The quantitative estimate of drug-likeness (QED) is 0.569.